The van der Waals surface area contributed by atoms with Crippen molar-refractivity contribution in [1.82, 2.24) is 9.80 Å². The summed E-state index contributed by atoms with van der Waals surface area (Å²) in [6.45, 7) is 2.22. The molecule has 0 bridgehead atoms. The standard InChI is InChI=1S/C25H24FN3O3S/c1-16-22(24(31)32-3)23(18-10-7-11-19(26)12-18)29-20(15-33-25(29)27-16)13-21(30)28(2)14-17-8-5-4-6-9-17/h4-12,15,23H,13-14H2,1-3H3/t23-/m0/s1. The highest BCUT2D eigenvalue weighted by Crippen LogP contribution is 2.45. The van der Waals surface area contributed by atoms with Gasteiger partial charge in [0, 0.05) is 19.3 Å². The van der Waals surface area contributed by atoms with E-state index in [9.17, 15) is 14.0 Å². The summed E-state index contributed by atoms with van der Waals surface area (Å²) in [6.07, 6.45) is 0.120. The molecule has 1 atom stereocenters. The molecule has 4 rings (SSSR count). The predicted octanol–water partition coefficient (Wildman–Crippen LogP) is 4.62. The van der Waals surface area contributed by atoms with Crippen LogP contribution in [0.4, 0.5) is 4.39 Å². The molecule has 8 heteroatoms. The summed E-state index contributed by atoms with van der Waals surface area (Å²) in [5.41, 5.74) is 3.15. The average molecular weight is 466 g/mol. The first-order chi connectivity index (χ1) is 15.9. The first-order valence-corrected chi connectivity index (χ1v) is 11.3. The second-order valence-corrected chi connectivity index (χ2v) is 8.69. The Kier molecular flexibility index (Phi) is 6.65. The number of allylic oxidation sites excluding steroid dienone is 1. The molecule has 2 aliphatic heterocycles. The minimum atomic E-state index is -0.644. The molecule has 0 saturated carbocycles. The lowest BCUT2D eigenvalue weighted by atomic mass is 9.93. The Labute approximate surface area is 196 Å². The largest absolute Gasteiger partial charge is 0.466 e. The van der Waals surface area contributed by atoms with Gasteiger partial charge in [-0.3, -0.25) is 4.79 Å². The van der Waals surface area contributed by atoms with Crippen LogP contribution < -0.4 is 0 Å². The molecule has 0 fully saturated rings. The first kappa shape index (κ1) is 22.8. The number of thioether (sulfide) groups is 1. The summed E-state index contributed by atoms with van der Waals surface area (Å²) in [7, 11) is 3.07. The van der Waals surface area contributed by atoms with Crippen molar-refractivity contribution >= 4 is 28.8 Å². The number of halogens is 1. The Morgan fingerprint density at radius 1 is 1.18 bits per heavy atom. The summed E-state index contributed by atoms with van der Waals surface area (Å²) >= 11 is 1.38. The average Bonchev–Trinajstić information content (AvgIpc) is 3.20. The number of benzene rings is 2. The second-order valence-electron chi connectivity index (χ2n) is 7.85. The van der Waals surface area contributed by atoms with E-state index in [0.717, 1.165) is 5.56 Å². The molecular formula is C25H24FN3O3S. The highest BCUT2D eigenvalue weighted by Gasteiger charge is 2.41. The van der Waals surface area contributed by atoms with Crippen LogP contribution in [0.15, 0.2) is 82.0 Å². The van der Waals surface area contributed by atoms with E-state index in [0.29, 0.717) is 34.2 Å². The van der Waals surface area contributed by atoms with Crippen LogP contribution >= 0.6 is 11.8 Å². The third-order valence-corrected chi connectivity index (χ3v) is 6.48. The number of amides is 1. The summed E-state index contributed by atoms with van der Waals surface area (Å²) in [5, 5.41) is 2.51. The monoisotopic (exact) mass is 465 g/mol. The molecule has 1 amide bonds. The van der Waals surface area contributed by atoms with Gasteiger partial charge < -0.3 is 14.5 Å². The Hall–Kier alpha value is -3.39. The van der Waals surface area contributed by atoms with Crippen LogP contribution in [-0.2, 0) is 20.9 Å². The van der Waals surface area contributed by atoms with E-state index in [1.54, 1.807) is 31.0 Å². The van der Waals surface area contributed by atoms with Gasteiger partial charge in [-0.2, -0.15) is 0 Å². The fourth-order valence-corrected chi connectivity index (χ4v) is 4.93. The van der Waals surface area contributed by atoms with E-state index in [-0.39, 0.29) is 12.3 Å². The number of fused-ring (bicyclic) bond motifs is 1. The molecule has 0 unspecified atom stereocenters. The Morgan fingerprint density at radius 3 is 2.64 bits per heavy atom. The number of methoxy groups -OCH3 is 1. The van der Waals surface area contributed by atoms with Crippen LogP contribution in [0, 0.1) is 5.82 Å². The molecule has 170 valence electrons. The molecule has 2 aromatic carbocycles. The number of amidine groups is 1. The van der Waals surface area contributed by atoms with Crippen molar-refractivity contribution in [3.63, 3.8) is 0 Å². The summed E-state index contributed by atoms with van der Waals surface area (Å²) in [5.74, 6) is -1.02. The van der Waals surface area contributed by atoms with Gasteiger partial charge in [-0.05, 0) is 35.6 Å². The number of hydrogen-bond acceptors (Lipinski definition) is 6. The van der Waals surface area contributed by atoms with Gasteiger partial charge in [0.1, 0.15) is 5.82 Å². The SMILES string of the molecule is COC(=O)C1=C(C)N=C2SC=C(CC(=O)N(C)Cc3ccccc3)N2[C@H]1c1cccc(F)c1. The fourth-order valence-electron chi connectivity index (χ4n) is 3.97. The van der Waals surface area contributed by atoms with Gasteiger partial charge >= 0.3 is 5.97 Å². The Bertz CT molecular complexity index is 1180. The highest BCUT2D eigenvalue weighted by molar-refractivity contribution is 8.16. The maximum atomic E-state index is 14.1. The summed E-state index contributed by atoms with van der Waals surface area (Å²) in [6, 6.07) is 15.2. The van der Waals surface area contributed by atoms with Crippen molar-refractivity contribution in [2.45, 2.75) is 25.9 Å². The minimum absolute atomic E-state index is 0.0733. The first-order valence-electron chi connectivity index (χ1n) is 10.4. The molecule has 2 heterocycles. The molecule has 0 saturated heterocycles. The zero-order chi connectivity index (χ0) is 23.5. The van der Waals surface area contributed by atoms with Crippen molar-refractivity contribution in [2.24, 2.45) is 4.99 Å². The maximum absolute atomic E-state index is 14.1. The predicted molar refractivity (Wildman–Crippen MR) is 126 cm³/mol. The normalized spacial score (nSPS) is 17.3. The Morgan fingerprint density at radius 2 is 1.94 bits per heavy atom. The van der Waals surface area contributed by atoms with Gasteiger partial charge in [-0.1, -0.05) is 54.2 Å². The number of esters is 1. The molecule has 0 spiro atoms. The number of nitrogens with zero attached hydrogens (tertiary/aromatic N) is 3. The van der Waals surface area contributed by atoms with Gasteiger partial charge in [0.05, 0.1) is 30.8 Å². The van der Waals surface area contributed by atoms with Crippen LogP contribution in [0.3, 0.4) is 0 Å². The van der Waals surface area contributed by atoms with E-state index in [1.165, 1.54) is 31.0 Å². The van der Waals surface area contributed by atoms with Gasteiger partial charge in [0.25, 0.3) is 0 Å². The smallest absolute Gasteiger partial charge is 0.338 e. The third kappa shape index (κ3) is 4.71. The topological polar surface area (TPSA) is 62.2 Å². The lowest BCUT2D eigenvalue weighted by molar-refractivity contribution is -0.136. The number of hydrogen-bond donors (Lipinski definition) is 0. The van der Waals surface area contributed by atoms with Gasteiger partial charge in [0.15, 0.2) is 5.17 Å². The number of aliphatic imine (C=N–C) groups is 1. The van der Waals surface area contributed by atoms with Gasteiger partial charge in [-0.15, -0.1) is 0 Å². The van der Waals surface area contributed by atoms with Gasteiger partial charge in [-0.25, -0.2) is 14.2 Å². The van der Waals surface area contributed by atoms with Crippen molar-refractivity contribution in [2.75, 3.05) is 14.2 Å². The Balaban J connectivity index is 1.64. The molecule has 2 aromatic rings. The van der Waals surface area contributed by atoms with Crippen LogP contribution in [0.5, 0.6) is 0 Å². The van der Waals surface area contributed by atoms with Crippen molar-refractivity contribution in [1.29, 1.82) is 0 Å². The number of rotatable bonds is 6. The molecule has 0 aliphatic carbocycles. The molecule has 0 aromatic heterocycles. The molecule has 33 heavy (non-hydrogen) atoms. The molecular weight excluding hydrogens is 441 g/mol. The van der Waals surface area contributed by atoms with E-state index in [4.69, 9.17) is 4.74 Å². The zero-order valence-electron chi connectivity index (χ0n) is 18.6. The quantitative estimate of drug-likeness (QED) is 0.583. The minimum Gasteiger partial charge on any atom is -0.466 e. The van der Waals surface area contributed by atoms with E-state index < -0.39 is 17.8 Å². The lowest BCUT2D eigenvalue weighted by Crippen LogP contribution is -2.38. The molecule has 6 nitrogen and oxygen atoms in total. The van der Waals surface area contributed by atoms with Crippen LogP contribution in [0.2, 0.25) is 0 Å². The number of carbonyl (C=O) groups is 2. The number of carbonyl (C=O) groups excluding carboxylic acids is 2. The summed E-state index contributed by atoms with van der Waals surface area (Å²) in [4.78, 5) is 33.8. The number of ether oxygens (including phenoxy) is 1. The molecule has 2 aliphatic rings. The highest BCUT2D eigenvalue weighted by atomic mass is 32.2. The van der Waals surface area contributed by atoms with Gasteiger partial charge in [0.2, 0.25) is 5.91 Å². The van der Waals surface area contributed by atoms with E-state index in [2.05, 4.69) is 4.99 Å². The maximum Gasteiger partial charge on any atom is 0.338 e. The second kappa shape index (κ2) is 9.62. The summed E-state index contributed by atoms with van der Waals surface area (Å²) < 4.78 is 19.2. The zero-order valence-corrected chi connectivity index (χ0v) is 19.4. The fraction of sp³-hybridized carbons (Fsp3) is 0.240. The van der Waals surface area contributed by atoms with E-state index in [1.807, 2.05) is 40.6 Å². The lowest BCUT2D eigenvalue weighted by Gasteiger charge is -2.36. The van der Waals surface area contributed by atoms with Crippen LogP contribution in [0.25, 0.3) is 0 Å². The van der Waals surface area contributed by atoms with Crippen molar-refractivity contribution < 1.29 is 18.7 Å². The molecule has 0 radical (unpaired) electrons. The van der Waals surface area contributed by atoms with E-state index >= 15 is 0 Å². The van der Waals surface area contributed by atoms with Crippen LogP contribution in [-0.4, -0.2) is 41.0 Å². The van der Waals surface area contributed by atoms with Crippen molar-refractivity contribution in [3.05, 3.63) is 93.9 Å². The van der Waals surface area contributed by atoms with Crippen molar-refractivity contribution in [3.8, 4) is 0 Å². The molecule has 0 N–H and O–H groups in total. The van der Waals surface area contributed by atoms with Crippen LogP contribution in [0.1, 0.15) is 30.5 Å². The third-order valence-electron chi connectivity index (χ3n) is 5.59.